The van der Waals surface area contributed by atoms with Crippen molar-refractivity contribution in [2.24, 2.45) is 0 Å². The Labute approximate surface area is 168 Å². The van der Waals surface area contributed by atoms with Crippen LogP contribution in [0.1, 0.15) is 17.1 Å². The predicted molar refractivity (Wildman–Crippen MR) is 110 cm³/mol. The zero-order chi connectivity index (χ0) is 19.5. The van der Waals surface area contributed by atoms with Gasteiger partial charge in [0.25, 0.3) is 0 Å². The first kappa shape index (κ1) is 18.2. The van der Waals surface area contributed by atoms with Crippen LogP contribution in [0.5, 0.6) is 5.75 Å². The smallest absolute Gasteiger partial charge is 0.143 e. The molecule has 5 nitrogen and oxygen atoms in total. The van der Waals surface area contributed by atoms with Crippen molar-refractivity contribution in [1.82, 2.24) is 19.5 Å². The Morgan fingerprint density at radius 1 is 1.07 bits per heavy atom. The lowest BCUT2D eigenvalue weighted by atomic mass is 10.1. The van der Waals surface area contributed by atoms with Crippen molar-refractivity contribution in [1.29, 1.82) is 0 Å². The summed E-state index contributed by atoms with van der Waals surface area (Å²) >= 11 is 6.30. The first-order valence-corrected chi connectivity index (χ1v) is 9.26. The van der Waals surface area contributed by atoms with Crippen LogP contribution in [-0.4, -0.2) is 26.6 Å². The van der Waals surface area contributed by atoms with E-state index in [1.54, 1.807) is 19.6 Å². The third-order valence-electron chi connectivity index (χ3n) is 4.45. The molecule has 2 aromatic carbocycles. The highest BCUT2D eigenvalue weighted by atomic mass is 35.5. The molecule has 0 unspecified atom stereocenters. The Kier molecular flexibility index (Phi) is 5.08. The van der Waals surface area contributed by atoms with Crippen molar-refractivity contribution in [3.63, 3.8) is 0 Å². The zero-order valence-electron chi connectivity index (χ0n) is 15.6. The lowest BCUT2D eigenvalue weighted by Gasteiger charge is -2.11. The Morgan fingerprint density at radius 3 is 2.68 bits per heavy atom. The standard InChI is InChI=1S/C22H19ClN4O/c1-15-13-27(14-25-15)20-8-7-16(11-21(20)28-2)12-22-24-10-9-19(26-22)17-5-3-4-6-18(17)23/h3-11,13-14H,12H2,1-2H3. The summed E-state index contributed by atoms with van der Waals surface area (Å²) < 4.78 is 7.54. The van der Waals surface area contributed by atoms with Crippen LogP contribution >= 0.6 is 11.6 Å². The molecule has 0 aliphatic heterocycles. The molecule has 0 radical (unpaired) electrons. The van der Waals surface area contributed by atoms with E-state index in [0.29, 0.717) is 11.4 Å². The summed E-state index contributed by atoms with van der Waals surface area (Å²) in [6, 6.07) is 15.6. The van der Waals surface area contributed by atoms with E-state index in [4.69, 9.17) is 16.3 Å². The Bertz CT molecular complexity index is 1120. The van der Waals surface area contributed by atoms with Crippen molar-refractivity contribution in [2.45, 2.75) is 13.3 Å². The maximum Gasteiger partial charge on any atom is 0.143 e. The van der Waals surface area contributed by atoms with Crippen LogP contribution in [0.2, 0.25) is 5.02 Å². The fraction of sp³-hybridized carbons (Fsp3) is 0.136. The molecule has 0 atom stereocenters. The van der Waals surface area contributed by atoms with Gasteiger partial charge in [-0.25, -0.2) is 15.0 Å². The van der Waals surface area contributed by atoms with Crippen molar-refractivity contribution in [3.8, 4) is 22.7 Å². The number of benzene rings is 2. The quantitative estimate of drug-likeness (QED) is 0.486. The summed E-state index contributed by atoms with van der Waals surface area (Å²) in [5.41, 5.74) is 4.67. The molecule has 0 aliphatic rings. The second-order valence-electron chi connectivity index (χ2n) is 6.44. The second kappa shape index (κ2) is 7.82. The highest BCUT2D eigenvalue weighted by Crippen LogP contribution is 2.27. The first-order chi connectivity index (χ1) is 13.6. The molecule has 0 amide bonds. The van der Waals surface area contributed by atoms with E-state index < -0.39 is 0 Å². The molecule has 0 aliphatic carbocycles. The van der Waals surface area contributed by atoms with Gasteiger partial charge in [0.05, 0.1) is 30.5 Å². The topological polar surface area (TPSA) is 52.8 Å². The lowest BCUT2D eigenvalue weighted by molar-refractivity contribution is 0.412. The highest BCUT2D eigenvalue weighted by Gasteiger charge is 2.10. The number of hydrogen-bond donors (Lipinski definition) is 0. The number of rotatable bonds is 5. The number of hydrogen-bond acceptors (Lipinski definition) is 4. The van der Waals surface area contributed by atoms with Gasteiger partial charge in [-0.05, 0) is 36.8 Å². The maximum absolute atomic E-state index is 6.30. The van der Waals surface area contributed by atoms with Crippen molar-refractivity contribution >= 4 is 11.6 Å². The van der Waals surface area contributed by atoms with Crippen molar-refractivity contribution in [2.75, 3.05) is 7.11 Å². The molecule has 2 heterocycles. The predicted octanol–water partition coefficient (Wildman–Crippen LogP) is 4.89. The molecule has 0 spiro atoms. The van der Waals surface area contributed by atoms with E-state index in [9.17, 15) is 0 Å². The zero-order valence-corrected chi connectivity index (χ0v) is 16.4. The van der Waals surface area contributed by atoms with E-state index >= 15 is 0 Å². The Balaban J connectivity index is 1.63. The number of imidazole rings is 1. The molecule has 0 saturated carbocycles. The summed E-state index contributed by atoms with van der Waals surface area (Å²) in [6.07, 6.45) is 6.11. The van der Waals surface area contributed by atoms with Gasteiger partial charge in [0.1, 0.15) is 11.6 Å². The van der Waals surface area contributed by atoms with Crippen LogP contribution in [0, 0.1) is 6.92 Å². The van der Waals surface area contributed by atoms with Crippen LogP contribution in [0.25, 0.3) is 16.9 Å². The van der Waals surface area contributed by atoms with E-state index in [2.05, 4.69) is 21.0 Å². The number of halogens is 1. The molecule has 140 valence electrons. The van der Waals surface area contributed by atoms with Gasteiger partial charge in [-0.1, -0.05) is 35.9 Å². The Morgan fingerprint density at radius 2 is 1.93 bits per heavy atom. The van der Waals surface area contributed by atoms with Crippen molar-refractivity contribution < 1.29 is 4.74 Å². The van der Waals surface area contributed by atoms with E-state index in [-0.39, 0.29) is 0 Å². The number of aromatic nitrogens is 4. The van der Waals surface area contributed by atoms with Gasteiger partial charge in [-0.3, -0.25) is 0 Å². The van der Waals surface area contributed by atoms with Gasteiger partial charge in [-0.15, -0.1) is 0 Å². The van der Waals surface area contributed by atoms with Crippen LogP contribution in [-0.2, 0) is 6.42 Å². The average Bonchev–Trinajstić information content (AvgIpc) is 3.14. The van der Waals surface area contributed by atoms with Crippen molar-refractivity contribution in [3.05, 3.63) is 89.4 Å². The Hall–Kier alpha value is -3.18. The summed E-state index contributed by atoms with van der Waals surface area (Å²) in [7, 11) is 1.67. The minimum atomic E-state index is 0.595. The van der Waals surface area contributed by atoms with Gasteiger partial charge in [0.2, 0.25) is 0 Å². The average molecular weight is 391 g/mol. The second-order valence-corrected chi connectivity index (χ2v) is 6.85. The molecule has 2 aromatic heterocycles. The summed E-state index contributed by atoms with van der Waals surface area (Å²) in [5, 5.41) is 0.675. The molecule has 6 heteroatoms. The molecule has 0 saturated heterocycles. The lowest BCUT2D eigenvalue weighted by Crippen LogP contribution is -2.00. The molecular weight excluding hydrogens is 372 g/mol. The van der Waals surface area contributed by atoms with E-state index in [1.165, 1.54) is 0 Å². The molecular formula is C22H19ClN4O. The third-order valence-corrected chi connectivity index (χ3v) is 4.78. The summed E-state index contributed by atoms with van der Waals surface area (Å²) in [6.45, 7) is 1.96. The number of ether oxygens (including phenoxy) is 1. The first-order valence-electron chi connectivity index (χ1n) is 8.89. The molecule has 0 bridgehead atoms. The van der Waals surface area contributed by atoms with Gasteiger partial charge < -0.3 is 9.30 Å². The van der Waals surface area contributed by atoms with Crippen LogP contribution in [0.3, 0.4) is 0 Å². The van der Waals surface area contributed by atoms with E-state index in [1.807, 2.05) is 60.2 Å². The number of nitrogens with zero attached hydrogens (tertiary/aromatic N) is 4. The largest absolute Gasteiger partial charge is 0.495 e. The monoisotopic (exact) mass is 390 g/mol. The minimum absolute atomic E-state index is 0.595. The third kappa shape index (κ3) is 3.75. The molecule has 4 aromatic rings. The minimum Gasteiger partial charge on any atom is -0.495 e. The van der Waals surface area contributed by atoms with Crippen LogP contribution < -0.4 is 4.74 Å². The fourth-order valence-electron chi connectivity index (χ4n) is 3.08. The summed E-state index contributed by atoms with van der Waals surface area (Å²) in [4.78, 5) is 13.4. The van der Waals surface area contributed by atoms with Gasteiger partial charge in [0, 0.05) is 29.4 Å². The van der Waals surface area contributed by atoms with E-state index in [0.717, 1.165) is 39.8 Å². The molecule has 28 heavy (non-hydrogen) atoms. The fourth-order valence-corrected chi connectivity index (χ4v) is 3.32. The number of aryl methyl sites for hydroxylation is 1. The number of methoxy groups -OCH3 is 1. The normalized spacial score (nSPS) is 10.8. The summed E-state index contributed by atoms with van der Waals surface area (Å²) in [5.74, 6) is 1.50. The molecule has 4 rings (SSSR count). The van der Waals surface area contributed by atoms with Crippen LogP contribution in [0.4, 0.5) is 0 Å². The van der Waals surface area contributed by atoms with Gasteiger partial charge in [0.15, 0.2) is 0 Å². The maximum atomic E-state index is 6.30. The van der Waals surface area contributed by atoms with Crippen LogP contribution in [0.15, 0.2) is 67.3 Å². The highest BCUT2D eigenvalue weighted by molar-refractivity contribution is 6.33. The van der Waals surface area contributed by atoms with Gasteiger partial charge >= 0.3 is 0 Å². The SMILES string of the molecule is COc1cc(Cc2nccc(-c3ccccc3Cl)n2)ccc1-n1cnc(C)c1. The molecule has 0 N–H and O–H groups in total. The van der Waals surface area contributed by atoms with Gasteiger partial charge in [-0.2, -0.15) is 0 Å². The molecule has 0 fully saturated rings.